The molecule has 0 saturated heterocycles. The molecule has 0 radical (unpaired) electrons. The van der Waals surface area contributed by atoms with Crippen molar-refractivity contribution >= 4 is 109 Å². The second-order valence-corrected chi connectivity index (χ2v) is 18.2. The normalized spacial score (nSPS) is 13.0. The van der Waals surface area contributed by atoms with Gasteiger partial charge in [0.15, 0.2) is 0 Å². The monoisotopic (exact) mass is 928 g/mol. The van der Waals surface area contributed by atoms with Gasteiger partial charge < -0.3 is 21.1 Å². The van der Waals surface area contributed by atoms with Crippen molar-refractivity contribution in [2.45, 2.75) is 32.5 Å². The number of nitrogens with zero attached hydrogens (tertiary/aromatic N) is 7. The van der Waals surface area contributed by atoms with Gasteiger partial charge in [-0.2, -0.15) is 69.1 Å². The summed E-state index contributed by atoms with van der Waals surface area (Å²) in [6, 6.07) is 18.1. The minimum absolute atomic E-state index is 0.0768. The first-order valence-electron chi connectivity index (χ1n) is 16.9. The molecule has 0 spiro atoms. The number of benzene rings is 5. The Morgan fingerprint density at radius 2 is 1.03 bits per heavy atom. The fraction of sp³-hybridized carbons (Fsp3) is 0.0588. The Hall–Kier alpha value is -6.92. The SMILES string of the molecule is CC(Nc1nc(Nc2ccc(N=Nc3cc(S(=O)(=O)O)c4cccc(S(=O)(=O)O)c4c3)cc2)nc(Nc2ccc(N=Nc3ccc(S(=O)(=O)O)cc3)cc2S(=O)(=O)O)n1)C(=O)O. The van der Waals surface area contributed by atoms with Gasteiger partial charge in [-0.3, -0.25) is 23.0 Å². The summed E-state index contributed by atoms with van der Waals surface area (Å²) in [6.07, 6.45) is 0. The van der Waals surface area contributed by atoms with Crippen LogP contribution in [0.25, 0.3) is 10.8 Å². The molecule has 62 heavy (non-hydrogen) atoms. The second kappa shape index (κ2) is 17.2. The van der Waals surface area contributed by atoms with Gasteiger partial charge in [0, 0.05) is 16.5 Å². The molecule has 0 saturated carbocycles. The van der Waals surface area contributed by atoms with Crippen LogP contribution in [0.15, 0.2) is 137 Å². The fourth-order valence-corrected chi connectivity index (χ4v) is 7.85. The number of azo groups is 2. The predicted octanol–water partition coefficient (Wildman–Crippen LogP) is 6.21. The molecule has 8 N–H and O–H groups in total. The Morgan fingerprint density at radius 3 is 1.60 bits per heavy atom. The molecule has 5 aromatic carbocycles. The van der Waals surface area contributed by atoms with E-state index in [0.717, 1.165) is 36.4 Å². The molecule has 0 amide bonds. The van der Waals surface area contributed by atoms with Crippen LogP contribution in [-0.2, 0) is 45.3 Å². The molecular formula is C34H28N10O14S4. The lowest BCUT2D eigenvalue weighted by atomic mass is 10.1. The summed E-state index contributed by atoms with van der Waals surface area (Å²) in [5, 5.41) is 32.8. The molecule has 28 heteroatoms. The van der Waals surface area contributed by atoms with Crippen LogP contribution >= 0.6 is 0 Å². The first kappa shape index (κ1) is 44.6. The molecule has 0 aliphatic heterocycles. The van der Waals surface area contributed by atoms with E-state index in [0.29, 0.717) is 5.69 Å². The zero-order valence-corrected chi connectivity index (χ0v) is 34.3. The van der Waals surface area contributed by atoms with E-state index in [2.05, 4.69) is 51.4 Å². The summed E-state index contributed by atoms with van der Waals surface area (Å²) < 4.78 is 134. The number of aliphatic carboxylic acids is 1. The van der Waals surface area contributed by atoms with Gasteiger partial charge >= 0.3 is 5.97 Å². The quantitative estimate of drug-likeness (QED) is 0.0418. The van der Waals surface area contributed by atoms with Gasteiger partial charge in [0.2, 0.25) is 17.8 Å². The third kappa shape index (κ3) is 11.1. The molecule has 0 aliphatic carbocycles. The van der Waals surface area contributed by atoms with Gasteiger partial charge in [-0.15, -0.1) is 0 Å². The van der Waals surface area contributed by atoms with Crippen LogP contribution in [0, 0.1) is 0 Å². The lowest BCUT2D eigenvalue weighted by Crippen LogP contribution is -2.27. The van der Waals surface area contributed by atoms with Crippen molar-refractivity contribution in [1.29, 1.82) is 0 Å². The Labute approximate surface area is 350 Å². The predicted molar refractivity (Wildman–Crippen MR) is 218 cm³/mol. The van der Waals surface area contributed by atoms with Crippen LogP contribution in [0.5, 0.6) is 0 Å². The Bertz CT molecular complexity index is 3260. The summed E-state index contributed by atoms with van der Waals surface area (Å²) >= 11 is 0. The average molecular weight is 929 g/mol. The minimum atomic E-state index is -4.96. The van der Waals surface area contributed by atoms with Crippen molar-refractivity contribution in [3.63, 3.8) is 0 Å². The van der Waals surface area contributed by atoms with Crippen molar-refractivity contribution in [2.75, 3.05) is 16.0 Å². The van der Waals surface area contributed by atoms with E-state index in [1.54, 1.807) is 0 Å². The highest BCUT2D eigenvalue weighted by Gasteiger charge is 2.22. The summed E-state index contributed by atoms with van der Waals surface area (Å²) in [6.45, 7) is 1.29. The molecule has 0 bridgehead atoms. The standard InChI is InChI=1S/C34H28N10O14S4/c1-18(31(45)46)35-32-38-33(40-34(39-32)37-27-14-11-22(16-30(27)62(56,57)58)43-41-21-9-12-24(13-10-21)59(47,48)49)36-19-5-7-20(8-6-19)42-44-23-15-26-25(29(17-23)61(53,54)55)3-2-4-28(26)60(50,51)52/h2-18H,1H3,(H,45,46)(H,47,48,49)(H,50,51,52)(H,53,54,55)(H,56,57,58)(H3,35,36,37,38,39,40). The fourth-order valence-electron chi connectivity index (χ4n) is 5.28. The maximum absolute atomic E-state index is 12.4. The van der Waals surface area contributed by atoms with Crippen LogP contribution in [0.2, 0.25) is 0 Å². The highest BCUT2D eigenvalue weighted by atomic mass is 32.2. The Morgan fingerprint density at radius 1 is 0.532 bits per heavy atom. The number of anilines is 5. The number of hydrogen-bond acceptors (Lipinski definition) is 19. The van der Waals surface area contributed by atoms with Crippen LogP contribution in [-0.4, -0.2) is 84.0 Å². The summed E-state index contributed by atoms with van der Waals surface area (Å²) in [4.78, 5) is 21.7. The third-order valence-corrected chi connectivity index (χ3v) is 11.7. The van der Waals surface area contributed by atoms with Crippen molar-refractivity contribution in [2.24, 2.45) is 20.5 Å². The number of carbonyl (C=O) groups is 1. The van der Waals surface area contributed by atoms with Gasteiger partial charge in [0.25, 0.3) is 40.5 Å². The van der Waals surface area contributed by atoms with Gasteiger partial charge in [-0.1, -0.05) is 12.1 Å². The number of nitrogens with one attached hydrogen (secondary N) is 3. The van der Waals surface area contributed by atoms with Crippen LogP contribution in [0.4, 0.5) is 52.0 Å². The molecule has 1 atom stereocenters. The molecule has 1 heterocycles. The van der Waals surface area contributed by atoms with Gasteiger partial charge in [0.05, 0.1) is 33.3 Å². The Kier molecular flexibility index (Phi) is 12.4. The number of carboxylic acids is 1. The highest BCUT2D eigenvalue weighted by Crippen LogP contribution is 2.35. The number of aromatic nitrogens is 3. The first-order valence-corrected chi connectivity index (χ1v) is 22.6. The summed E-state index contributed by atoms with van der Waals surface area (Å²) in [5.41, 5.74) is 0.0659. The summed E-state index contributed by atoms with van der Waals surface area (Å²) in [5.74, 6) is -2.12. The lowest BCUT2D eigenvalue weighted by Gasteiger charge is -2.14. The van der Waals surface area contributed by atoms with Gasteiger partial charge in [-0.25, -0.2) is 0 Å². The van der Waals surface area contributed by atoms with E-state index < -0.39 is 72.1 Å². The van der Waals surface area contributed by atoms with Crippen molar-refractivity contribution < 1.29 is 61.8 Å². The molecular weight excluding hydrogens is 901 g/mol. The van der Waals surface area contributed by atoms with E-state index in [9.17, 15) is 57.2 Å². The largest absolute Gasteiger partial charge is 0.480 e. The Balaban J connectivity index is 1.27. The van der Waals surface area contributed by atoms with Crippen molar-refractivity contribution in [1.82, 2.24) is 15.0 Å². The minimum Gasteiger partial charge on any atom is -0.480 e. The molecule has 6 rings (SSSR count). The smallest absolute Gasteiger partial charge is 0.325 e. The maximum atomic E-state index is 12.4. The molecule has 24 nitrogen and oxygen atoms in total. The van der Waals surface area contributed by atoms with E-state index in [1.165, 1.54) is 67.6 Å². The molecule has 6 aromatic rings. The zero-order valence-electron chi connectivity index (χ0n) is 31.0. The van der Waals surface area contributed by atoms with Crippen LogP contribution < -0.4 is 16.0 Å². The summed E-state index contributed by atoms with van der Waals surface area (Å²) in [7, 11) is -19.1. The second-order valence-electron chi connectivity index (χ2n) is 12.6. The van der Waals surface area contributed by atoms with E-state index in [4.69, 9.17) is 4.55 Å². The molecule has 1 aromatic heterocycles. The molecule has 322 valence electrons. The maximum Gasteiger partial charge on any atom is 0.325 e. The third-order valence-electron chi connectivity index (χ3n) is 8.12. The number of fused-ring (bicyclic) bond motifs is 1. The van der Waals surface area contributed by atoms with E-state index in [-0.39, 0.29) is 57.1 Å². The van der Waals surface area contributed by atoms with Crippen LogP contribution in [0.1, 0.15) is 6.92 Å². The van der Waals surface area contributed by atoms with Crippen molar-refractivity contribution in [3.8, 4) is 0 Å². The van der Waals surface area contributed by atoms with E-state index in [1.807, 2.05) is 0 Å². The average Bonchev–Trinajstić information content (AvgIpc) is 3.18. The lowest BCUT2D eigenvalue weighted by molar-refractivity contribution is -0.137. The molecule has 0 aliphatic rings. The van der Waals surface area contributed by atoms with E-state index >= 15 is 0 Å². The topological polar surface area (TPSA) is 379 Å². The molecule has 1 unspecified atom stereocenters. The van der Waals surface area contributed by atoms with Gasteiger partial charge in [0.1, 0.15) is 20.7 Å². The first-order chi connectivity index (χ1) is 28.9. The number of rotatable bonds is 15. The number of carboxylic acid groups (broad SMARTS) is 1. The zero-order chi connectivity index (χ0) is 45.2. The highest BCUT2D eigenvalue weighted by molar-refractivity contribution is 7.87. The van der Waals surface area contributed by atoms with Gasteiger partial charge in [-0.05, 0) is 91.9 Å². The number of hydrogen-bond donors (Lipinski definition) is 8. The van der Waals surface area contributed by atoms with Crippen LogP contribution in [0.3, 0.4) is 0 Å². The molecule has 0 fully saturated rings. The van der Waals surface area contributed by atoms with Crippen molar-refractivity contribution in [3.05, 3.63) is 97.1 Å².